The molecule has 3 aromatic heterocycles. The van der Waals surface area contributed by atoms with Gasteiger partial charge in [-0.2, -0.15) is 4.98 Å². The average molecular weight is 457 g/mol. The zero-order valence-electron chi connectivity index (χ0n) is 19.0. The van der Waals surface area contributed by atoms with E-state index in [0.29, 0.717) is 34.9 Å². The number of carbonyl (C=O) groups is 1. The molecule has 3 heterocycles. The SMILES string of the molecule is CCCc1noc(Cn2cnc3c4ccccc4n(CC(=O)Nc4ccc(C)cc4)c3c2=O)n1. The highest BCUT2D eigenvalue weighted by Gasteiger charge is 2.19. The van der Waals surface area contributed by atoms with Crippen molar-refractivity contribution in [1.29, 1.82) is 0 Å². The van der Waals surface area contributed by atoms with Gasteiger partial charge >= 0.3 is 0 Å². The fraction of sp³-hybridized carbons (Fsp3) is 0.240. The van der Waals surface area contributed by atoms with Crippen molar-refractivity contribution in [1.82, 2.24) is 24.3 Å². The fourth-order valence-electron chi connectivity index (χ4n) is 4.03. The van der Waals surface area contributed by atoms with Crippen LogP contribution in [0, 0.1) is 6.92 Å². The second-order valence-electron chi connectivity index (χ2n) is 8.25. The number of fused-ring (bicyclic) bond motifs is 3. The van der Waals surface area contributed by atoms with E-state index >= 15 is 0 Å². The normalized spacial score (nSPS) is 11.4. The molecular weight excluding hydrogens is 432 g/mol. The summed E-state index contributed by atoms with van der Waals surface area (Å²) < 4.78 is 8.45. The molecular formula is C25H24N6O3. The first-order chi connectivity index (χ1) is 16.5. The number of aryl methyl sites for hydroxylation is 2. The third-order valence-electron chi connectivity index (χ3n) is 5.66. The summed E-state index contributed by atoms with van der Waals surface area (Å²) in [6, 6.07) is 15.1. The lowest BCUT2D eigenvalue weighted by molar-refractivity contribution is -0.116. The lowest BCUT2D eigenvalue weighted by atomic mass is 10.2. The van der Waals surface area contributed by atoms with Gasteiger partial charge < -0.3 is 14.4 Å². The van der Waals surface area contributed by atoms with E-state index in [1.165, 1.54) is 10.9 Å². The van der Waals surface area contributed by atoms with Crippen molar-refractivity contribution in [2.75, 3.05) is 5.32 Å². The molecule has 1 N–H and O–H groups in total. The zero-order chi connectivity index (χ0) is 23.7. The monoisotopic (exact) mass is 456 g/mol. The number of amides is 1. The molecule has 34 heavy (non-hydrogen) atoms. The Balaban J connectivity index is 1.53. The van der Waals surface area contributed by atoms with E-state index in [4.69, 9.17) is 4.52 Å². The molecule has 5 aromatic rings. The molecule has 0 aliphatic heterocycles. The molecule has 0 spiro atoms. The molecule has 2 aromatic carbocycles. The number of hydrogen-bond acceptors (Lipinski definition) is 6. The number of nitrogens with one attached hydrogen (secondary N) is 1. The van der Waals surface area contributed by atoms with Crippen LogP contribution in [0.2, 0.25) is 0 Å². The van der Waals surface area contributed by atoms with Gasteiger partial charge in [-0.25, -0.2) is 4.98 Å². The van der Waals surface area contributed by atoms with Gasteiger partial charge in [0.15, 0.2) is 5.82 Å². The number of carbonyl (C=O) groups excluding carboxylic acids is 1. The van der Waals surface area contributed by atoms with Crippen molar-refractivity contribution < 1.29 is 9.32 Å². The maximum Gasteiger partial charge on any atom is 0.278 e. The zero-order valence-corrected chi connectivity index (χ0v) is 19.0. The Kier molecular flexibility index (Phi) is 5.67. The summed E-state index contributed by atoms with van der Waals surface area (Å²) in [4.78, 5) is 35.3. The summed E-state index contributed by atoms with van der Waals surface area (Å²) in [5, 5.41) is 7.67. The summed E-state index contributed by atoms with van der Waals surface area (Å²) in [6.45, 7) is 4.10. The first kappa shape index (κ1) is 21.6. The van der Waals surface area contributed by atoms with E-state index < -0.39 is 0 Å². The van der Waals surface area contributed by atoms with Gasteiger partial charge in [0.05, 0.1) is 11.8 Å². The van der Waals surface area contributed by atoms with Crippen LogP contribution < -0.4 is 10.9 Å². The first-order valence-corrected chi connectivity index (χ1v) is 11.2. The van der Waals surface area contributed by atoms with E-state index in [2.05, 4.69) is 20.4 Å². The lowest BCUT2D eigenvalue weighted by Crippen LogP contribution is -2.25. The van der Waals surface area contributed by atoms with Crippen LogP contribution >= 0.6 is 0 Å². The second kappa shape index (κ2) is 8.93. The maximum atomic E-state index is 13.5. The number of aromatic nitrogens is 5. The lowest BCUT2D eigenvalue weighted by Gasteiger charge is -2.09. The highest BCUT2D eigenvalue weighted by molar-refractivity contribution is 6.06. The van der Waals surface area contributed by atoms with Crippen LogP contribution in [0.1, 0.15) is 30.6 Å². The summed E-state index contributed by atoms with van der Waals surface area (Å²) in [5.74, 6) is 0.718. The predicted molar refractivity (Wildman–Crippen MR) is 129 cm³/mol. The minimum atomic E-state index is -0.278. The Labute approximate surface area is 195 Å². The predicted octanol–water partition coefficient (Wildman–Crippen LogP) is 3.68. The van der Waals surface area contributed by atoms with Gasteiger partial charge in [0, 0.05) is 17.5 Å². The number of hydrogen-bond donors (Lipinski definition) is 1. The van der Waals surface area contributed by atoms with Crippen LogP contribution in [-0.2, 0) is 24.3 Å². The third kappa shape index (κ3) is 4.07. The van der Waals surface area contributed by atoms with Crippen molar-refractivity contribution in [2.45, 2.75) is 39.8 Å². The molecule has 0 fully saturated rings. The highest BCUT2D eigenvalue weighted by atomic mass is 16.5. The van der Waals surface area contributed by atoms with Crippen LogP contribution in [0.25, 0.3) is 21.9 Å². The number of anilines is 1. The molecule has 0 radical (unpaired) electrons. The van der Waals surface area contributed by atoms with Crippen LogP contribution in [-0.4, -0.2) is 30.2 Å². The summed E-state index contributed by atoms with van der Waals surface area (Å²) in [6.07, 6.45) is 3.09. The third-order valence-corrected chi connectivity index (χ3v) is 5.66. The second-order valence-corrected chi connectivity index (χ2v) is 8.25. The van der Waals surface area contributed by atoms with Crippen molar-refractivity contribution in [3.8, 4) is 0 Å². The molecule has 0 bridgehead atoms. The molecule has 5 rings (SSSR count). The number of nitrogens with zero attached hydrogens (tertiary/aromatic N) is 5. The largest absolute Gasteiger partial charge is 0.337 e. The van der Waals surface area contributed by atoms with Gasteiger partial charge in [0.25, 0.3) is 5.56 Å². The van der Waals surface area contributed by atoms with Crippen LogP contribution in [0.15, 0.2) is 64.2 Å². The Morgan fingerprint density at radius 1 is 1.12 bits per heavy atom. The van der Waals surface area contributed by atoms with Gasteiger partial charge in [-0.1, -0.05) is 48.0 Å². The molecule has 1 amide bonds. The molecule has 0 aliphatic rings. The van der Waals surface area contributed by atoms with Crippen molar-refractivity contribution in [2.24, 2.45) is 0 Å². The quantitative estimate of drug-likeness (QED) is 0.400. The van der Waals surface area contributed by atoms with Crippen LogP contribution in [0.3, 0.4) is 0 Å². The summed E-state index contributed by atoms with van der Waals surface area (Å²) in [7, 11) is 0. The molecule has 9 heteroatoms. The van der Waals surface area contributed by atoms with Gasteiger partial charge in [0.1, 0.15) is 24.1 Å². The molecule has 0 aliphatic carbocycles. The molecule has 0 saturated carbocycles. The van der Waals surface area contributed by atoms with Crippen molar-refractivity contribution in [3.05, 3.63) is 82.5 Å². The van der Waals surface area contributed by atoms with Gasteiger partial charge in [-0.3, -0.25) is 14.2 Å². The maximum absolute atomic E-state index is 13.5. The van der Waals surface area contributed by atoms with Crippen LogP contribution in [0.5, 0.6) is 0 Å². The van der Waals surface area contributed by atoms with E-state index in [0.717, 1.165) is 22.9 Å². The Bertz CT molecular complexity index is 1550. The minimum absolute atomic E-state index is 0.0277. The molecule has 9 nitrogen and oxygen atoms in total. The van der Waals surface area contributed by atoms with Gasteiger partial charge in [0.2, 0.25) is 11.8 Å². The molecule has 0 unspecified atom stereocenters. The highest BCUT2D eigenvalue weighted by Crippen LogP contribution is 2.25. The van der Waals surface area contributed by atoms with Gasteiger partial charge in [-0.15, -0.1) is 0 Å². The van der Waals surface area contributed by atoms with E-state index in [1.807, 2.05) is 62.4 Å². The molecule has 172 valence electrons. The molecule has 0 atom stereocenters. The van der Waals surface area contributed by atoms with E-state index in [-0.39, 0.29) is 24.6 Å². The number of para-hydroxylation sites is 1. The Hall–Kier alpha value is -4.27. The minimum Gasteiger partial charge on any atom is -0.337 e. The van der Waals surface area contributed by atoms with E-state index in [1.54, 1.807) is 4.57 Å². The standard InChI is InChI=1S/C25H24N6O3/c1-3-6-20-28-22(34-29-20)14-30-15-26-23-18-7-4-5-8-19(18)31(24(23)25(30)33)13-21(32)27-17-11-9-16(2)10-12-17/h4-5,7-12,15H,3,6,13-14H2,1-2H3,(H,27,32). The first-order valence-electron chi connectivity index (χ1n) is 11.2. The van der Waals surface area contributed by atoms with Crippen molar-refractivity contribution in [3.63, 3.8) is 0 Å². The molecule has 0 saturated heterocycles. The summed E-state index contributed by atoms with van der Waals surface area (Å²) in [5.41, 5.74) is 3.20. The van der Waals surface area contributed by atoms with Crippen LogP contribution in [0.4, 0.5) is 5.69 Å². The number of benzene rings is 2. The smallest absolute Gasteiger partial charge is 0.278 e. The van der Waals surface area contributed by atoms with E-state index in [9.17, 15) is 9.59 Å². The van der Waals surface area contributed by atoms with Crippen molar-refractivity contribution >= 4 is 33.5 Å². The average Bonchev–Trinajstić information content (AvgIpc) is 3.40. The fourth-order valence-corrected chi connectivity index (χ4v) is 4.03. The topological polar surface area (TPSA) is 108 Å². The summed E-state index contributed by atoms with van der Waals surface area (Å²) >= 11 is 0. The van der Waals surface area contributed by atoms with Gasteiger partial charge in [-0.05, 0) is 31.5 Å². The Morgan fingerprint density at radius 2 is 1.91 bits per heavy atom. The number of rotatable bonds is 7. The Morgan fingerprint density at radius 3 is 2.71 bits per heavy atom.